The van der Waals surface area contributed by atoms with Gasteiger partial charge in [0.15, 0.2) is 5.43 Å². The van der Waals surface area contributed by atoms with Crippen LogP contribution in [0, 0.1) is 5.82 Å². The molecule has 0 amide bonds. The minimum absolute atomic E-state index is 0.170. The summed E-state index contributed by atoms with van der Waals surface area (Å²) in [5, 5.41) is 0.372. The molecule has 0 unspecified atom stereocenters. The van der Waals surface area contributed by atoms with Crippen molar-refractivity contribution in [1.29, 1.82) is 0 Å². The van der Waals surface area contributed by atoms with Crippen LogP contribution in [0.2, 0.25) is 0 Å². The van der Waals surface area contributed by atoms with Gasteiger partial charge in [-0.3, -0.25) is 9.69 Å². The number of halogens is 1. The van der Waals surface area contributed by atoms with Crippen LogP contribution in [-0.2, 0) is 13.1 Å². The Labute approximate surface area is 139 Å². The zero-order valence-electron chi connectivity index (χ0n) is 13.7. The van der Waals surface area contributed by atoms with Gasteiger partial charge >= 0.3 is 0 Å². The van der Waals surface area contributed by atoms with Gasteiger partial charge in [0, 0.05) is 35.8 Å². The Bertz CT molecular complexity index is 903. The number of hydrogen-bond donors (Lipinski definition) is 1. The standard InChI is InChI=1S/C19H19FN2O2/c1-22(11-13-3-6-16(24-2)7-4-13)12-15-10-19(23)17-9-14(20)5-8-18(17)21-15/h3-10H,11-12H2,1-2H3,(H,21,23). The van der Waals surface area contributed by atoms with Gasteiger partial charge in [-0.15, -0.1) is 0 Å². The van der Waals surface area contributed by atoms with E-state index in [0.29, 0.717) is 17.4 Å². The number of nitrogens with zero attached hydrogens (tertiary/aromatic N) is 1. The van der Waals surface area contributed by atoms with Crippen LogP contribution in [0.1, 0.15) is 11.3 Å². The Morgan fingerprint density at radius 1 is 1.08 bits per heavy atom. The molecule has 5 heteroatoms. The summed E-state index contributed by atoms with van der Waals surface area (Å²) in [6.45, 7) is 1.34. The highest BCUT2D eigenvalue weighted by Gasteiger charge is 2.07. The predicted molar refractivity (Wildman–Crippen MR) is 92.7 cm³/mol. The van der Waals surface area contributed by atoms with Gasteiger partial charge in [-0.2, -0.15) is 0 Å². The third-order valence-electron chi connectivity index (χ3n) is 3.90. The molecule has 0 aliphatic carbocycles. The highest BCUT2D eigenvalue weighted by atomic mass is 19.1. The Morgan fingerprint density at radius 3 is 2.54 bits per heavy atom. The van der Waals surface area contributed by atoms with Crippen LogP contribution in [0.25, 0.3) is 10.9 Å². The van der Waals surface area contributed by atoms with E-state index in [4.69, 9.17) is 4.74 Å². The quantitative estimate of drug-likeness (QED) is 0.782. The predicted octanol–water partition coefficient (Wildman–Crippen LogP) is 3.31. The molecule has 0 aliphatic heterocycles. The monoisotopic (exact) mass is 326 g/mol. The fraction of sp³-hybridized carbons (Fsp3) is 0.211. The Balaban J connectivity index is 1.76. The van der Waals surface area contributed by atoms with Crippen molar-refractivity contribution < 1.29 is 9.13 Å². The highest BCUT2D eigenvalue weighted by molar-refractivity contribution is 5.78. The minimum Gasteiger partial charge on any atom is -0.497 e. The van der Waals surface area contributed by atoms with Crippen molar-refractivity contribution in [3.63, 3.8) is 0 Å². The first-order valence-electron chi connectivity index (χ1n) is 7.68. The molecule has 3 rings (SSSR count). The maximum absolute atomic E-state index is 13.3. The second kappa shape index (κ2) is 6.84. The zero-order valence-corrected chi connectivity index (χ0v) is 13.7. The maximum atomic E-state index is 13.3. The number of ether oxygens (including phenoxy) is 1. The zero-order chi connectivity index (χ0) is 17.1. The number of rotatable bonds is 5. The highest BCUT2D eigenvalue weighted by Crippen LogP contribution is 2.14. The van der Waals surface area contributed by atoms with Gasteiger partial charge in [0.05, 0.1) is 7.11 Å². The largest absolute Gasteiger partial charge is 0.497 e. The molecule has 1 heterocycles. The van der Waals surface area contributed by atoms with Gasteiger partial charge < -0.3 is 9.72 Å². The second-order valence-corrected chi connectivity index (χ2v) is 5.87. The van der Waals surface area contributed by atoms with Crippen molar-refractivity contribution in [2.75, 3.05) is 14.2 Å². The molecule has 2 aromatic carbocycles. The van der Waals surface area contributed by atoms with Crippen LogP contribution < -0.4 is 10.2 Å². The van der Waals surface area contributed by atoms with E-state index in [1.807, 2.05) is 31.3 Å². The van der Waals surface area contributed by atoms with E-state index in [1.54, 1.807) is 13.2 Å². The molecule has 0 saturated heterocycles. The number of hydrogen-bond acceptors (Lipinski definition) is 3. The van der Waals surface area contributed by atoms with Gasteiger partial charge in [0.1, 0.15) is 11.6 Å². The van der Waals surface area contributed by atoms with E-state index in [-0.39, 0.29) is 5.43 Å². The van der Waals surface area contributed by atoms with E-state index in [0.717, 1.165) is 23.6 Å². The number of aromatic amines is 1. The van der Waals surface area contributed by atoms with Crippen LogP contribution in [0.4, 0.5) is 4.39 Å². The molecule has 4 nitrogen and oxygen atoms in total. The lowest BCUT2D eigenvalue weighted by Gasteiger charge is -2.17. The van der Waals surface area contributed by atoms with Crippen molar-refractivity contribution in [3.05, 3.63) is 75.8 Å². The molecule has 1 N–H and O–H groups in total. The van der Waals surface area contributed by atoms with E-state index in [2.05, 4.69) is 9.88 Å². The summed E-state index contributed by atoms with van der Waals surface area (Å²) >= 11 is 0. The first kappa shape index (κ1) is 16.2. The number of aromatic nitrogens is 1. The van der Waals surface area contributed by atoms with E-state index in [1.165, 1.54) is 18.2 Å². The molecule has 3 aromatic rings. The van der Waals surface area contributed by atoms with E-state index >= 15 is 0 Å². The molecule has 0 bridgehead atoms. The van der Waals surface area contributed by atoms with Gasteiger partial charge in [0.25, 0.3) is 0 Å². The lowest BCUT2D eigenvalue weighted by atomic mass is 10.1. The molecule has 24 heavy (non-hydrogen) atoms. The molecular formula is C19H19FN2O2. The smallest absolute Gasteiger partial charge is 0.189 e. The summed E-state index contributed by atoms with van der Waals surface area (Å²) in [6, 6.07) is 13.6. The molecule has 0 saturated carbocycles. The SMILES string of the molecule is COc1ccc(CN(C)Cc2cc(=O)c3cc(F)ccc3[nH]2)cc1. The normalized spacial score (nSPS) is 11.2. The van der Waals surface area contributed by atoms with Gasteiger partial charge in [-0.05, 0) is 42.9 Å². The van der Waals surface area contributed by atoms with Gasteiger partial charge in [-0.1, -0.05) is 12.1 Å². The van der Waals surface area contributed by atoms with Gasteiger partial charge in [0.2, 0.25) is 0 Å². The number of fused-ring (bicyclic) bond motifs is 1. The van der Waals surface area contributed by atoms with Crippen LogP contribution in [0.3, 0.4) is 0 Å². The third kappa shape index (κ3) is 3.63. The molecule has 124 valence electrons. The van der Waals surface area contributed by atoms with Gasteiger partial charge in [-0.25, -0.2) is 4.39 Å². The molecule has 0 atom stereocenters. The first-order valence-corrected chi connectivity index (χ1v) is 7.68. The summed E-state index contributed by atoms with van der Waals surface area (Å²) in [6.07, 6.45) is 0. The molecular weight excluding hydrogens is 307 g/mol. The lowest BCUT2D eigenvalue weighted by molar-refractivity contribution is 0.315. The number of pyridine rings is 1. The van der Waals surface area contributed by atoms with E-state index in [9.17, 15) is 9.18 Å². The summed E-state index contributed by atoms with van der Waals surface area (Å²) in [4.78, 5) is 17.4. The number of benzene rings is 2. The van der Waals surface area contributed by atoms with Crippen molar-refractivity contribution in [1.82, 2.24) is 9.88 Å². The molecule has 0 aliphatic rings. The Morgan fingerprint density at radius 2 is 1.83 bits per heavy atom. The Hall–Kier alpha value is -2.66. The minimum atomic E-state index is -0.405. The van der Waals surface area contributed by atoms with Crippen molar-refractivity contribution in [2.45, 2.75) is 13.1 Å². The summed E-state index contributed by atoms with van der Waals surface area (Å²) < 4.78 is 18.4. The maximum Gasteiger partial charge on any atom is 0.189 e. The first-order chi connectivity index (χ1) is 11.5. The van der Waals surface area contributed by atoms with Crippen molar-refractivity contribution in [2.24, 2.45) is 0 Å². The van der Waals surface area contributed by atoms with Crippen molar-refractivity contribution in [3.8, 4) is 5.75 Å². The molecule has 1 aromatic heterocycles. The van der Waals surface area contributed by atoms with Crippen LogP contribution >= 0.6 is 0 Å². The van der Waals surface area contributed by atoms with Crippen LogP contribution in [0.15, 0.2) is 53.3 Å². The van der Waals surface area contributed by atoms with Crippen LogP contribution in [-0.4, -0.2) is 24.0 Å². The summed E-state index contributed by atoms with van der Waals surface area (Å²) in [5.74, 6) is 0.421. The van der Waals surface area contributed by atoms with Crippen molar-refractivity contribution >= 4 is 10.9 Å². The average Bonchev–Trinajstić information content (AvgIpc) is 2.56. The fourth-order valence-electron chi connectivity index (χ4n) is 2.75. The Kier molecular flexibility index (Phi) is 4.62. The second-order valence-electron chi connectivity index (χ2n) is 5.87. The topological polar surface area (TPSA) is 45.3 Å². The molecule has 0 radical (unpaired) electrons. The van der Waals surface area contributed by atoms with Crippen LogP contribution in [0.5, 0.6) is 5.75 Å². The molecule has 0 fully saturated rings. The third-order valence-corrected chi connectivity index (χ3v) is 3.90. The number of methoxy groups -OCH3 is 1. The lowest BCUT2D eigenvalue weighted by Crippen LogP contribution is -2.19. The fourth-order valence-corrected chi connectivity index (χ4v) is 2.75. The van der Waals surface area contributed by atoms with E-state index < -0.39 is 5.82 Å². The summed E-state index contributed by atoms with van der Waals surface area (Å²) in [5.41, 5.74) is 2.44. The average molecular weight is 326 g/mol. The summed E-state index contributed by atoms with van der Waals surface area (Å²) in [7, 11) is 3.63. The molecule has 0 spiro atoms. The number of nitrogens with one attached hydrogen (secondary N) is 1. The number of H-pyrrole nitrogens is 1.